The highest BCUT2D eigenvalue weighted by Gasteiger charge is 2.31. The number of rotatable bonds is 4. The van der Waals surface area contributed by atoms with Gasteiger partial charge < -0.3 is 10.1 Å². The van der Waals surface area contributed by atoms with Gasteiger partial charge in [0.2, 0.25) is 5.88 Å². The van der Waals surface area contributed by atoms with Gasteiger partial charge in [0.15, 0.2) is 0 Å². The van der Waals surface area contributed by atoms with Crippen LogP contribution >= 0.6 is 11.6 Å². The molecular weight excluding hydrogens is 305 g/mol. The van der Waals surface area contributed by atoms with Crippen LogP contribution in [0.4, 0.5) is 13.2 Å². The summed E-state index contributed by atoms with van der Waals surface area (Å²) < 4.78 is 43.1. The number of ether oxygens (including phenoxy) is 1. The number of para-hydroxylation sites is 1. The quantitative estimate of drug-likeness (QED) is 0.915. The molecule has 0 aliphatic rings. The second kappa shape index (κ2) is 6.32. The summed E-state index contributed by atoms with van der Waals surface area (Å²) in [5, 5.41) is 2.78. The van der Waals surface area contributed by atoms with E-state index in [0.717, 1.165) is 11.6 Å². The Morgan fingerprint density at radius 1 is 1.29 bits per heavy atom. The molecule has 0 atom stereocenters. The van der Waals surface area contributed by atoms with Crippen molar-refractivity contribution in [1.82, 2.24) is 10.3 Å². The molecule has 0 aliphatic heterocycles. The Balaban J connectivity index is 2.28. The SMILES string of the molecule is CNCc1ccccc1Oc1ncc(C(F)(F)F)cc1Cl. The normalized spacial score (nSPS) is 11.5. The van der Waals surface area contributed by atoms with Gasteiger partial charge in [-0.2, -0.15) is 13.2 Å². The maximum Gasteiger partial charge on any atom is 0.417 e. The molecule has 1 aromatic carbocycles. The molecule has 7 heteroatoms. The molecule has 21 heavy (non-hydrogen) atoms. The van der Waals surface area contributed by atoms with Gasteiger partial charge >= 0.3 is 6.18 Å². The van der Waals surface area contributed by atoms with Crippen molar-refractivity contribution < 1.29 is 17.9 Å². The van der Waals surface area contributed by atoms with E-state index in [1.54, 1.807) is 19.2 Å². The van der Waals surface area contributed by atoms with E-state index in [4.69, 9.17) is 16.3 Å². The van der Waals surface area contributed by atoms with Gasteiger partial charge in [-0.1, -0.05) is 29.8 Å². The first-order valence-electron chi connectivity index (χ1n) is 6.05. The van der Waals surface area contributed by atoms with Crippen LogP contribution in [0.15, 0.2) is 36.5 Å². The zero-order valence-electron chi connectivity index (χ0n) is 11.0. The average molecular weight is 317 g/mol. The number of nitrogens with zero attached hydrogens (tertiary/aromatic N) is 1. The molecule has 2 aromatic rings. The molecule has 0 bridgehead atoms. The Morgan fingerprint density at radius 2 is 2.00 bits per heavy atom. The van der Waals surface area contributed by atoms with E-state index in [1.807, 2.05) is 12.1 Å². The van der Waals surface area contributed by atoms with Crippen molar-refractivity contribution in [3.63, 3.8) is 0 Å². The lowest BCUT2D eigenvalue weighted by Crippen LogP contribution is -2.07. The van der Waals surface area contributed by atoms with Gasteiger partial charge in [0.05, 0.1) is 5.56 Å². The van der Waals surface area contributed by atoms with Gasteiger partial charge in [-0.15, -0.1) is 0 Å². The molecule has 0 amide bonds. The van der Waals surface area contributed by atoms with Gasteiger partial charge in [0, 0.05) is 18.3 Å². The monoisotopic (exact) mass is 316 g/mol. The first-order chi connectivity index (χ1) is 9.91. The lowest BCUT2D eigenvalue weighted by atomic mass is 10.2. The molecule has 0 radical (unpaired) electrons. The molecule has 1 heterocycles. The summed E-state index contributed by atoms with van der Waals surface area (Å²) in [6.45, 7) is 0.550. The van der Waals surface area contributed by atoms with Gasteiger partial charge in [-0.05, 0) is 19.2 Å². The molecule has 0 fully saturated rings. The van der Waals surface area contributed by atoms with E-state index in [1.165, 1.54) is 0 Å². The minimum atomic E-state index is -4.49. The highest BCUT2D eigenvalue weighted by Crippen LogP contribution is 2.35. The Morgan fingerprint density at radius 3 is 2.62 bits per heavy atom. The maximum atomic E-state index is 12.5. The fraction of sp³-hybridized carbons (Fsp3) is 0.214. The molecule has 3 nitrogen and oxygen atoms in total. The number of hydrogen-bond acceptors (Lipinski definition) is 3. The highest BCUT2D eigenvalue weighted by molar-refractivity contribution is 6.31. The van der Waals surface area contributed by atoms with Crippen LogP contribution in [-0.2, 0) is 12.7 Å². The van der Waals surface area contributed by atoms with Crippen molar-refractivity contribution in [2.75, 3.05) is 7.05 Å². The Kier molecular flexibility index (Phi) is 4.69. The maximum absolute atomic E-state index is 12.5. The Hall–Kier alpha value is -1.79. The first-order valence-corrected chi connectivity index (χ1v) is 6.42. The number of alkyl halides is 3. The van der Waals surface area contributed by atoms with Crippen molar-refractivity contribution in [1.29, 1.82) is 0 Å². The summed E-state index contributed by atoms with van der Waals surface area (Å²) in [6, 6.07) is 7.92. The summed E-state index contributed by atoms with van der Waals surface area (Å²) >= 11 is 5.81. The smallest absolute Gasteiger partial charge is 0.417 e. The van der Waals surface area contributed by atoms with E-state index in [9.17, 15) is 13.2 Å². The summed E-state index contributed by atoms with van der Waals surface area (Å²) in [7, 11) is 1.78. The third-order valence-electron chi connectivity index (χ3n) is 2.68. The standard InChI is InChI=1S/C14H12ClF3N2O/c1-19-7-9-4-2-3-5-12(9)21-13-11(15)6-10(8-20-13)14(16,17)18/h2-6,8,19H,7H2,1H3. The van der Waals surface area contributed by atoms with Gasteiger partial charge in [0.1, 0.15) is 10.8 Å². The summed E-state index contributed by atoms with van der Waals surface area (Å²) in [5.74, 6) is 0.425. The van der Waals surface area contributed by atoms with E-state index in [0.29, 0.717) is 18.5 Å². The second-order valence-corrected chi connectivity index (χ2v) is 4.66. The van der Waals surface area contributed by atoms with Crippen LogP contribution in [0, 0.1) is 0 Å². The van der Waals surface area contributed by atoms with Crippen LogP contribution in [0.1, 0.15) is 11.1 Å². The predicted molar refractivity (Wildman–Crippen MR) is 73.5 cm³/mol. The van der Waals surface area contributed by atoms with E-state index in [-0.39, 0.29) is 10.9 Å². The number of halogens is 4. The van der Waals surface area contributed by atoms with Crippen LogP contribution in [0.2, 0.25) is 5.02 Å². The number of benzene rings is 1. The lowest BCUT2D eigenvalue weighted by Gasteiger charge is -2.12. The van der Waals surface area contributed by atoms with E-state index >= 15 is 0 Å². The minimum Gasteiger partial charge on any atom is -0.437 e. The topological polar surface area (TPSA) is 34.1 Å². The zero-order valence-corrected chi connectivity index (χ0v) is 11.8. The molecule has 1 N–H and O–H groups in total. The van der Waals surface area contributed by atoms with E-state index < -0.39 is 11.7 Å². The molecule has 0 spiro atoms. The van der Waals surface area contributed by atoms with Crippen LogP contribution in [-0.4, -0.2) is 12.0 Å². The predicted octanol–water partition coefficient (Wildman–Crippen LogP) is 4.27. The number of pyridine rings is 1. The third kappa shape index (κ3) is 3.86. The molecule has 0 saturated heterocycles. The van der Waals surface area contributed by atoms with Crippen LogP contribution in [0.5, 0.6) is 11.6 Å². The number of aromatic nitrogens is 1. The Bertz CT molecular complexity index is 632. The van der Waals surface area contributed by atoms with Crippen molar-refractivity contribution in [3.05, 3.63) is 52.7 Å². The molecule has 0 aliphatic carbocycles. The largest absolute Gasteiger partial charge is 0.437 e. The summed E-state index contributed by atoms with van der Waals surface area (Å²) in [6.07, 6.45) is -3.79. The van der Waals surface area contributed by atoms with Gasteiger partial charge in [-0.25, -0.2) is 4.98 Å². The highest BCUT2D eigenvalue weighted by atomic mass is 35.5. The second-order valence-electron chi connectivity index (χ2n) is 4.25. The molecule has 112 valence electrons. The van der Waals surface area contributed by atoms with Crippen LogP contribution < -0.4 is 10.1 Å². The molecule has 0 saturated carbocycles. The number of hydrogen-bond donors (Lipinski definition) is 1. The lowest BCUT2D eigenvalue weighted by molar-refractivity contribution is -0.137. The van der Waals surface area contributed by atoms with Crippen LogP contribution in [0.3, 0.4) is 0 Å². The van der Waals surface area contributed by atoms with Crippen molar-refractivity contribution in [2.24, 2.45) is 0 Å². The molecule has 1 aromatic heterocycles. The zero-order chi connectivity index (χ0) is 15.5. The van der Waals surface area contributed by atoms with Crippen molar-refractivity contribution in [3.8, 4) is 11.6 Å². The van der Waals surface area contributed by atoms with Crippen molar-refractivity contribution >= 4 is 11.6 Å². The third-order valence-corrected chi connectivity index (χ3v) is 2.95. The van der Waals surface area contributed by atoms with Crippen molar-refractivity contribution in [2.45, 2.75) is 12.7 Å². The van der Waals surface area contributed by atoms with Gasteiger partial charge in [-0.3, -0.25) is 0 Å². The fourth-order valence-corrected chi connectivity index (χ4v) is 1.90. The molecule has 2 rings (SSSR count). The Labute approximate surface area is 124 Å². The average Bonchev–Trinajstić information content (AvgIpc) is 2.42. The van der Waals surface area contributed by atoms with E-state index in [2.05, 4.69) is 10.3 Å². The summed E-state index contributed by atoms with van der Waals surface area (Å²) in [4.78, 5) is 3.65. The molecular formula is C14H12ClF3N2O. The van der Waals surface area contributed by atoms with Gasteiger partial charge in [0.25, 0.3) is 0 Å². The fourth-order valence-electron chi connectivity index (χ4n) is 1.70. The number of nitrogens with one attached hydrogen (secondary N) is 1. The minimum absolute atomic E-state index is 0.0618. The van der Waals surface area contributed by atoms with Crippen LogP contribution in [0.25, 0.3) is 0 Å². The first kappa shape index (κ1) is 15.6. The summed E-state index contributed by atoms with van der Waals surface area (Å²) in [5.41, 5.74) is -0.0684. The molecule has 0 unspecified atom stereocenters.